The molecular formula is C28H27N3O11. The van der Waals surface area contributed by atoms with Crippen molar-refractivity contribution in [2.75, 3.05) is 38.8 Å². The molecule has 1 unspecified atom stereocenters. The molecule has 1 aliphatic heterocycles. The number of benzene rings is 2. The van der Waals surface area contributed by atoms with Crippen LogP contribution in [0, 0.1) is 11.8 Å². The number of aldehydes is 1. The van der Waals surface area contributed by atoms with Crippen molar-refractivity contribution >= 4 is 17.9 Å². The number of hydrogen-bond acceptors (Lipinski definition) is 13. The number of carbonyl (C=O) groups excluding carboxylic acids is 2. The normalized spacial score (nSPS) is 14.0. The number of hydrogen-bond donors (Lipinski definition) is 7. The molecule has 0 radical (unpaired) electrons. The molecule has 2 heterocycles. The van der Waals surface area contributed by atoms with Gasteiger partial charge < -0.3 is 59.9 Å². The topological polar surface area (TPSA) is 211 Å². The summed E-state index contributed by atoms with van der Waals surface area (Å²) in [6.45, 7) is 0.0599. The predicted molar refractivity (Wildman–Crippen MR) is 145 cm³/mol. The van der Waals surface area contributed by atoms with Crippen molar-refractivity contribution in [2.45, 2.75) is 11.6 Å². The van der Waals surface area contributed by atoms with Gasteiger partial charge in [0.1, 0.15) is 36.1 Å². The number of aliphatic hydroxyl groups is 1. The molecule has 0 spiro atoms. The summed E-state index contributed by atoms with van der Waals surface area (Å²) in [4.78, 5) is 30.2. The van der Waals surface area contributed by atoms with Gasteiger partial charge in [0.2, 0.25) is 34.5 Å². The Kier molecular flexibility index (Phi) is 8.46. The predicted octanol–water partition coefficient (Wildman–Crippen LogP) is 0.957. The van der Waals surface area contributed by atoms with E-state index in [9.17, 15) is 40.2 Å². The third kappa shape index (κ3) is 6.33. The Morgan fingerprint density at radius 2 is 1.76 bits per heavy atom. The molecule has 3 aromatic rings. The lowest BCUT2D eigenvalue weighted by Crippen LogP contribution is -2.48. The fourth-order valence-electron chi connectivity index (χ4n) is 3.64. The van der Waals surface area contributed by atoms with Crippen LogP contribution in [-0.2, 0) is 9.53 Å². The Morgan fingerprint density at radius 3 is 2.36 bits per heavy atom. The van der Waals surface area contributed by atoms with Crippen LogP contribution in [0.15, 0.2) is 36.5 Å². The van der Waals surface area contributed by atoms with Crippen LogP contribution in [0.25, 0.3) is 0 Å². The third-order valence-corrected chi connectivity index (χ3v) is 5.97. The molecule has 1 fully saturated rings. The zero-order valence-electron chi connectivity index (χ0n) is 22.4. The average molecular weight is 582 g/mol. The lowest BCUT2D eigenvalue weighted by atomic mass is 10.0. The van der Waals surface area contributed by atoms with Gasteiger partial charge in [0.05, 0.1) is 18.9 Å². The summed E-state index contributed by atoms with van der Waals surface area (Å²) in [6, 6.07) is 6.34. The Hall–Kier alpha value is -5.39. The van der Waals surface area contributed by atoms with Crippen molar-refractivity contribution in [3.8, 4) is 57.8 Å². The summed E-state index contributed by atoms with van der Waals surface area (Å²) >= 11 is 0. The number of pyridine rings is 1. The van der Waals surface area contributed by atoms with E-state index in [1.54, 1.807) is 37.2 Å². The van der Waals surface area contributed by atoms with Gasteiger partial charge in [0.25, 0.3) is 5.91 Å². The maximum absolute atomic E-state index is 12.8. The Balaban J connectivity index is 1.44. The molecular weight excluding hydrogens is 554 g/mol. The molecule has 1 aliphatic rings. The molecule has 0 saturated carbocycles. The number of rotatable bonds is 9. The molecule has 1 aromatic heterocycles. The summed E-state index contributed by atoms with van der Waals surface area (Å²) in [5.74, 6) is -1.19. The minimum absolute atomic E-state index is 0.147. The fourth-order valence-corrected chi connectivity index (χ4v) is 3.64. The lowest BCUT2D eigenvalue weighted by Gasteiger charge is -2.30. The van der Waals surface area contributed by atoms with E-state index in [2.05, 4.69) is 22.1 Å². The molecule has 1 amide bonds. The molecule has 4 rings (SSSR count). The van der Waals surface area contributed by atoms with Crippen LogP contribution < -0.4 is 19.7 Å². The summed E-state index contributed by atoms with van der Waals surface area (Å²) in [7, 11) is 3.57. The Bertz CT molecular complexity index is 1550. The summed E-state index contributed by atoms with van der Waals surface area (Å²) in [5.41, 5.74) is -0.122. The number of phenols is 5. The molecule has 220 valence electrons. The number of nitrogens with one attached hydrogen (secondary N) is 1. The van der Waals surface area contributed by atoms with Crippen LogP contribution in [0.3, 0.4) is 0 Å². The maximum atomic E-state index is 12.8. The quantitative estimate of drug-likeness (QED) is 0.0813. The van der Waals surface area contributed by atoms with Crippen molar-refractivity contribution in [1.82, 2.24) is 10.3 Å². The fraction of sp³-hybridized carbons (Fsp3) is 0.250. The van der Waals surface area contributed by atoms with E-state index < -0.39 is 52.0 Å². The highest BCUT2D eigenvalue weighted by Gasteiger charge is 2.34. The van der Waals surface area contributed by atoms with Gasteiger partial charge in [-0.2, -0.15) is 0 Å². The largest absolute Gasteiger partial charge is 0.502 e. The second-order valence-corrected chi connectivity index (χ2v) is 9.43. The standard InChI is InChI=1S/C28H27N3O11/c1-31(2)19-9-15(5-7-28(39)13-40-14-28)3-4-20(19)41-12-16(11-32)30-27(38)18-10-17(6-8-29-18)42-26-24(36)22(34)21(33)23(35)25(26)37/h3-4,6,8-11,16,33-37,39H,12-14H2,1-2H3,(H,30,38). The zero-order chi connectivity index (χ0) is 30.6. The number of carbonyl (C=O) groups is 2. The number of ether oxygens (including phenoxy) is 3. The summed E-state index contributed by atoms with van der Waals surface area (Å²) in [6.07, 6.45) is 1.64. The van der Waals surface area contributed by atoms with E-state index in [4.69, 9.17) is 14.2 Å². The first-order valence-corrected chi connectivity index (χ1v) is 12.3. The molecule has 42 heavy (non-hydrogen) atoms. The molecule has 1 atom stereocenters. The van der Waals surface area contributed by atoms with Gasteiger partial charge in [-0.05, 0) is 24.3 Å². The first-order valence-electron chi connectivity index (χ1n) is 12.3. The second-order valence-electron chi connectivity index (χ2n) is 9.43. The van der Waals surface area contributed by atoms with Crippen LogP contribution in [-0.4, -0.2) is 93.4 Å². The van der Waals surface area contributed by atoms with Crippen molar-refractivity contribution in [3.63, 3.8) is 0 Å². The van der Waals surface area contributed by atoms with Crippen molar-refractivity contribution in [2.24, 2.45) is 0 Å². The smallest absolute Gasteiger partial charge is 0.270 e. The molecule has 2 aromatic carbocycles. The lowest BCUT2D eigenvalue weighted by molar-refractivity contribution is -0.140. The van der Waals surface area contributed by atoms with E-state index in [1.165, 1.54) is 6.07 Å². The van der Waals surface area contributed by atoms with Gasteiger partial charge in [-0.3, -0.25) is 9.78 Å². The van der Waals surface area contributed by atoms with Crippen LogP contribution >= 0.6 is 0 Å². The molecule has 7 N–H and O–H groups in total. The van der Waals surface area contributed by atoms with E-state index in [1.807, 2.05) is 0 Å². The summed E-state index contributed by atoms with van der Waals surface area (Å²) < 4.78 is 16.1. The monoisotopic (exact) mass is 581 g/mol. The van der Waals surface area contributed by atoms with Gasteiger partial charge in [-0.15, -0.1) is 0 Å². The zero-order valence-corrected chi connectivity index (χ0v) is 22.4. The highest BCUT2D eigenvalue weighted by molar-refractivity contribution is 5.94. The molecule has 14 nitrogen and oxygen atoms in total. The second kappa shape index (κ2) is 12.0. The number of aromatic hydroxyl groups is 5. The highest BCUT2D eigenvalue weighted by atomic mass is 16.5. The van der Waals surface area contributed by atoms with E-state index in [0.717, 1.165) is 12.3 Å². The van der Waals surface area contributed by atoms with Crippen molar-refractivity contribution < 1.29 is 54.4 Å². The minimum atomic E-state index is -1.16. The molecule has 0 bridgehead atoms. The minimum Gasteiger partial charge on any atom is -0.502 e. The molecule has 0 aliphatic carbocycles. The van der Waals surface area contributed by atoms with Crippen LogP contribution in [0.2, 0.25) is 0 Å². The van der Waals surface area contributed by atoms with E-state index in [-0.39, 0.29) is 31.3 Å². The maximum Gasteiger partial charge on any atom is 0.270 e. The van der Waals surface area contributed by atoms with Gasteiger partial charge in [-0.25, -0.2) is 0 Å². The van der Waals surface area contributed by atoms with Crippen molar-refractivity contribution in [3.05, 3.63) is 47.8 Å². The molecule has 14 heteroatoms. The van der Waals surface area contributed by atoms with Crippen molar-refractivity contribution in [1.29, 1.82) is 0 Å². The SMILES string of the molecule is CN(C)c1cc(C#CC2(O)COC2)ccc1OCC(C=O)NC(=O)c1cc(Oc2c(O)c(O)c(O)c(O)c2O)ccn1. The highest BCUT2D eigenvalue weighted by Crippen LogP contribution is 2.56. The number of anilines is 1. The van der Waals surface area contributed by atoms with Gasteiger partial charge in [-0.1, -0.05) is 11.8 Å². The first kappa shape index (κ1) is 29.6. The van der Waals surface area contributed by atoms with Crippen LogP contribution in [0.4, 0.5) is 5.69 Å². The van der Waals surface area contributed by atoms with E-state index >= 15 is 0 Å². The Morgan fingerprint density at radius 1 is 1.10 bits per heavy atom. The summed E-state index contributed by atoms with van der Waals surface area (Å²) in [5, 5.41) is 61.5. The Labute approximate surface area is 239 Å². The van der Waals surface area contributed by atoms with Crippen LogP contribution in [0.5, 0.6) is 46.0 Å². The average Bonchev–Trinajstić information content (AvgIpc) is 2.97. The third-order valence-electron chi connectivity index (χ3n) is 5.97. The van der Waals surface area contributed by atoms with E-state index in [0.29, 0.717) is 23.3 Å². The number of nitrogens with zero attached hydrogens (tertiary/aromatic N) is 2. The first-order chi connectivity index (χ1) is 19.9. The van der Waals surface area contributed by atoms with Gasteiger partial charge in [0.15, 0.2) is 5.60 Å². The van der Waals surface area contributed by atoms with Gasteiger partial charge in [0, 0.05) is 31.9 Å². The number of phenolic OH excluding ortho intramolecular Hbond substituents is 5. The van der Waals surface area contributed by atoms with Crippen LogP contribution in [0.1, 0.15) is 16.1 Å². The number of aromatic nitrogens is 1. The number of amides is 1. The van der Waals surface area contributed by atoms with Gasteiger partial charge >= 0.3 is 0 Å². The molecule has 1 saturated heterocycles.